The third-order valence-corrected chi connectivity index (χ3v) is 4.18. The zero-order valence-electron chi connectivity index (χ0n) is 11.9. The first-order valence-corrected chi connectivity index (χ1v) is 7.26. The Labute approximate surface area is 114 Å². The van der Waals surface area contributed by atoms with E-state index in [1.165, 1.54) is 0 Å². The first-order valence-electron chi connectivity index (χ1n) is 7.26. The summed E-state index contributed by atoms with van der Waals surface area (Å²) in [4.78, 5) is 23.5. The summed E-state index contributed by atoms with van der Waals surface area (Å²) >= 11 is 0. The number of rotatable bonds is 5. The standard InChI is InChI=1S/C14H26N2O3/c1-3-9(2)12(14(18)19)16-13(17)10-7-5-4-6-8-11(10)15/h9-12H,3-8,15H2,1-2H3,(H,16,17)(H,18,19)/t9?,10?,11?,12-/m0/s1. The molecule has 4 atom stereocenters. The van der Waals surface area contributed by atoms with Crippen molar-refractivity contribution in [2.45, 2.75) is 64.5 Å². The van der Waals surface area contributed by atoms with Gasteiger partial charge in [-0.2, -0.15) is 0 Å². The van der Waals surface area contributed by atoms with E-state index < -0.39 is 12.0 Å². The second kappa shape index (κ2) is 7.48. The maximum atomic E-state index is 12.2. The van der Waals surface area contributed by atoms with Crippen molar-refractivity contribution in [3.63, 3.8) is 0 Å². The molecule has 1 fully saturated rings. The van der Waals surface area contributed by atoms with E-state index in [0.29, 0.717) is 6.42 Å². The average Bonchev–Trinajstić information content (AvgIpc) is 2.59. The van der Waals surface area contributed by atoms with Crippen molar-refractivity contribution in [1.82, 2.24) is 5.32 Å². The lowest BCUT2D eigenvalue weighted by atomic mass is 9.92. The normalized spacial score (nSPS) is 27.1. The molecule has 0 aliphatic heterocycles. The Morgan fingerprint density at radius 1 is 1.32 bits per heavy atom. The van der Waals surface area contributed by atoms with Gasteiger partial charge < -0.3 is 16.2 Å². The number of nitrogens with two attached hydrogens (primary N) is 1. The summed E-state index contributed by atoms with van der Waals surface area (Å²) in [6.45, 7) is 3.76. The van der Waals surface area contributed by atoms with Gasteiger partial charge in [0.2, 0.25) is 5.91 Å². The molecule has 0 bridgehead atoms. The van der Waals surface area contributed by atoms with Gasteiger partial charge in [-0.15, -0.1) is 0 Å². The van der Waals surface area contributed by atoms with E-state index in [4.69, 9.17) is 5.73 Å². The third kappa shape index (κ3) is 4.49. The van der Waals surface area contributed by atoms with E-state index in [1.54, 1.807) is 0 Å². The lowest BCUT2D eigenvalue weighted by molar-refractivity contribution is -0.144. The zero-order valence-corrected chi connectivity index (χ0v) is 11.9. The number of carbonyl (C=O) groups excluding carboxylic acids is 1. The van der Waals surface area contributed by atoms with Crippen molar-refractivity contribution >= 4 is 11.9 Å². The van der Waals surface area contributed by atoms with Gasteiger partial charge in [-0.1, -0.05) is 39.5 Å². The third-order valence-electron chi connectivity index (χ3n) is 4.18. The van der Waals surface area contributed by atoms with Crippen LogP contribution in [0.5, 0.6) is 0 Å². The molecule has 0 radical (unpaired) electrons. The molecule has 5 heteroatoms. The Balaban J connectivity index is 2.67. The minimum atomic E-state index is -0.968. The number of aliphatic carboxylic acids is 1. The molecule has 1 amide bonds. The number of hydrogen-bond acceptors (Lipinski definition) is 3. The van der Waals surface area contributed by atoms with Crippen molar-refractivity contribution in [1.29, 1.82) is 0 Å². The molecule has 0 spiro atoms. The molecular weight excluding hydrogens is 244 g/mol. The van der Waals surface area contributed by atoms with Crippen LogP contribution in [-0.4, -0.2) is 29.1 Å². The SMILES string of the molecule is CCC(C)[C@H](NC(=O)C1CCCCCC1N)C(=O)O. The van der Waals surface area contributed by atoms with Crippen LogP contribution in [0.15, 0.2) is 0 Å². The Hall–Kier alpha value is -1.10. The molecule has 110 valence electrons. The summed E-state index contributed by atoms with van der Waals surface area (Å²) in [7, 11) is 0. The van der Waals surface area contributed by atoms with Crippen molar-refractivity contribution in [2.75, 3.05) is 0 Å². The van der Waals surface area contributed by atoms with E-state index in [0.717, 1.165) is 32.1 Å². The molecule has 19 heavy (non-hydrogen) atoms. The second-order valence-corrected chi connectivity index (χ2v) is 5.62. The van der Waals surface area contributed by atoms with Crippen LogP contribution < -0.4 is 11.1 Å². The summed E-state index contributed by atoms with van der Waals surface area (Å²) in [6, 6.07) is -0.957. The highest BCUT2D eigenvalue weighted by Crippen LogP contribution is 2.23. The van der Waals surface area contributed by atoms with Crippen LogP contribution >= 0.6 is 0 Å². The summed E-state index contributed by atoms with van der Waals surface area (Å²) in [5, 5.41) is 11.9. The van der Waals surface area contributed by atoms with Crippen LogP contribution in [0.4, 0.5) is 0 Å². The molecule has 1 saturated carbocycles. The minimum Gasteiger partial charge on any atom is -0.480 e. The number of amides is 1. The molecule has 0 heterocycles. The van der Waals surface area contributed by atoms with Gasteiger partial charge in [0.15, 0.2) is 0 Å². The lowest BCUT2D eigenvalue weighted by Gasteiger charge is -2.25. The highest BCUT2D eigenvalue weighted by atomic mass is 16.4. The topological polar surface area (TPSA) is 92.4 Å². The Kier molecular flexibility index (Phi) is 6.28. The average molecular weight is 270 g/mol. The molecule has 4 N–H and O–H groups in total. The Morgan fingerprint density at radius 3 is 2.53 bits per heavy atom. The van der Waals surface area contributed by atoms with Crippen LogP contribution in [0.25, 0.3) is 0 Å². The summed E-state index contributed by atoms with van der Waals surface area (Å²) in [5.41, 5.74) is 6.03. The van der Waals surface area contributed by atoms with E-state index in [2.05, 4.69) is 5.32 Å². The number of carbonyl (C=O) groups is 2. The molecule has 0 aromatic rings. The molecule has 0 saturated heterocycles. The second-order valence-electron chi connectivity index (χ2n) is 5.62. The molecule has 3 unspecified atom stereocenters. The molecule has 1 aliphatic carbocycles. The van der Waals surface area contributed by atoms with E-state index >= 15 is 0 Å². The van der Waals surface area contributed by atoms with Crippen molar-refractivity contribution in [3.05, 3.63) is 0 Å². The van der Waals surface area contributed by atoms with E-state index in [1.807, 2.05) is 13.8 Å². The number of carboxylic acids is 1. The van der Waals surface area contributed by atoms with Crippen molar-refractivity contribution in [3.8, 4) is 0 Å². The Bertz CT molecular complexity index is 320. The van der Waals surface area contributed by atoms with Gasteiger partial charge in [0, 0.05) is 6.04 Å². The van der Waals surface area contributed by atoms with E-state index in [-0.39, 0.29) is 23.8 Å². The predicted octanol–water partition coefficient (Wildman–Crippen LogP) is 1.51. The van der Waals surface area contributed by atoms with Gasteiger partial charge >= 0.3 is 5.97 Å². The fraction of sp³-hybridized carbons (Fsp3) is 0.857. The van der Waals surface area contributed by atoms with Crippen molar-refractivity contribution in [2.24, 2.45) is 17.6 Å². The van der Waals surface area contributed by atoms with Crippen molar-refractivity contribution < 1.29 is 14.7 Å². The van der Waals surface area contributed by atoms with E-state index in [9.17, 15) is 14.7 Å². The van der Waals surface area contributed by atoms with Crippen LogP contribution in [0.2, 0.25) is 0 Å². The van der Waals surface area contributed by atoms with Crippen LogP contribution in [0.3, 0.4) is 0 Å². The zero-order chi connectivity index (χ0) is 14.4. The summed E-state index contributed by atoms with van der Waals surface area (Å²) < 4.78 is 0. The molecular formula is C14H26N2O3. The lowest BCUT2D eigenvalue weighted by Crippen LogP contribution is -2.50. The van der Waals surface area contributed by atoms with Gasteiger partial charge in [-0.05, 0) is 18.8 Å². The van der Waals surface area contributed by atoms with Gasteiger partial charge in [-0.25, -0.2) is 4.79 Å². The van der Waals surface area contributed by atoms with Crippen LogP contribution in [0.1, 0.15) is 52.4 Å². The quantitative estimate of drug-likeness (QED) is 0.660. The smallest absolute Gasteiger partial charge is 0.326 e. The number of carboxylic acid groups (broad SMARTS) is 1. The summed E-state index contributed by atoms with van der Waals surface area (Å²) in [5.74, 6) is -1.48. The van der Waals surface area contributed by atoms with Gasteiger partial charge in [0.1, 0.15) is 6.04 Å². The summed E-state index contributed by atoms with van der Waals surface area (Å²) in [6.07, 6.45) is 5.48. The molecule has 1 aliphatic rings. The Morgan fingerprint density at radius 2 is 1.95 bits per heavy atom. The highest BCUT2D eigenvalue weighted by molar-refractivity contribution is 5.85. The highest BCUT2D eigenvalue weighted by Gasteiger charge is 2.32. The number of nitrogens with one attached hydrogen (secondary N) is 1. The minimum absolute atomic E-state index is 0.0801. The molecule has 1 rings (SSSR count). The molecule has 0 aromatic carbocycles. The van der Waals surface area contributed by atoms with Crippen LogP contribution in [-0.2, 0) is 9.59 Å². The molecule has 5 nitrogen and oxygen atoms in total. The first kappa shape index (κ1) is 16.0. The largest absolute Gasteiger partial charge is 0.480 e. The van der Waals surface area contributed by atoms with Gasteiger partial charge in [0.25, 0.3) is 0 Å². The maximum Gasteiger partial charge on any atom is 0.326 e. The fourth-order valence-electron chi connectivity index (χ4n) is 2.61. The van der Waals surface area contributed by atoms with Gasteiger partial charge in [-0.3, -0.25) is 4.79 Å². The molecule has 0 aromatic heterocycles. The monoisotopic (exact) mass is 270 g/mol. The maximum absolute atomic E-state index is 12.2. The number of hydrogen-bond donors (Lipinski definition) is 3. The van der Waals surface area contributed by atoms with Gasteiger partial charge in [0.05, 0.1) is 5.92 Å². The predicted molar refractivity (Wildman–Crippen MR) is 73.6 cm³/mol. The fourth-order valence-corrected chi connectivity index (χ4v) is 2.61. The first-order chi connectivity index (χ1) is 8.97. The van der Waals surface area contributed by atoms with Crippen LogP contribution in [0, 0.1) is 11.8 Å².